The van der Waals surface area contributed by atoms with Crippen LogP contribution in [0.25, 0.3) is 10.8 Å². The molecule has 0 radical (unpaired) electrons. The zero-order chi connectivity index (χ0) is 16.7. The Morgan fingerprint density at radius 1 is 0.955 bits per heavy atom. The number of nitrogens with zero attached hydrogens (tertiary/aromatic N) is 1. The quantitative estimate of drug-likeness (QED) is 0.812. The molecule has 0 saturated heterocycles. The Morgan fingerprint density at radius 3 is 2.00 bits per heavy atom. The highest BCUT2D eigenvalue weighted by Gasteiger charge is 2.17. The topological polar surface area (TPSA) is 112 Å². The van der Waals surface area contributed by atoms with Gasteiger partial charge < -0.3 is 4.90 Å². The maximum absolute atomic E-state index is 11.4. The molecule has 120 valence electrons. The Labute approximate surface area is 128 Å². The lowest BCUT2D eigenvalue weighted by atomic mass is 10.1. The fraction of sp³-hybridized carbons (Fsp3) is 0.231. The van der Waals surface area contributed by atoms with Crippen molar-refractivity contribution < 1.29 is 25.9 Å². The predicted molar refractivity (Wildman–Crippen MR) is 82.5 cm³/mol. The SMILES string of the molecule is CCN(C)c1cc(S(=O)(=O)O)cc2cc(S(=O)(=O)O)ccc12. The monoisotopic (exact) mass is 345 g/mol. The maximum Gasteiger partial charge on any atom is 0.294 e. The maximum atomic E-state index is 11.4. The average molecular weight is 345 g/mol. The summed E-state index contributed by atoms with van der Waals surface area (Å²) in [6.45, 7) is 2.43. The molecule has 0 unspecified atom stereocenters. The lowest BCUT2D eigenvalue weighted by Crippen LogP contribution is -2.16. The molecular formula is C13H15NO6S2. The van der Waals surface area contributed by atoms with Crippen molar-refractivity contribution in [3.8, 4) is 0 Å². The molecule has 2 N–H and O–H groups in total. The van der Waals surface area contributed by atoms with Crippen LogP contribution in [0.5, 0.6) is 0 Å². The molecule has 2 aromatic carbocycles. The van der Waals surface area contributed by atoms with Gasteiger partial charge in [-0.05, 0) is 36.6 Å². The molecule has 0 heterocycles. The normalized spacial score (nSPS) is 12.5. The summed E-state index contributed by atoms with van der Waals surface area (Å²) in [5.74, 6) is 0. The van der Waals surface area contributed by atoms with E-state index in [0.717, 1.165) is 12.1 Å². The van der Waals surface area contributed by atoms with E-state index < -0.39 is 20.2 Å². The third-order valence-electron chi connectivity index (χ3n) is 3.36. The van der Waals surface area contributed by atoms with Crippen LogP contribution in [-0.4, -0.2) is 39.5 Å². The molecule has 7 nitrogen and oxygen atoms in total. The molecule has 22 heavy (non-hydrogen) atoms. The molecule has 0 amide bonds. The van der Waals surface area contributed by atoms with E-state index in [1.165, 1.54) is 18.2 Å². The second kappa shape index (κ2) is 5.51. The lowest BCUT2D eigenvalue weighted by molar-refractivity contribution is 0.481. The van der Waals surface area contributed by atoms with Gasteiger partial charge in [-0.1, -0.05) is 6.07 Å². The molecule has 0 fully saturated rings. The third-order valence-corrected chi connectivity index (χ3v) is 5.04. The first-order valence-corrected chi connectivity index (χ1v) is 9.16. The highest BCUT2D eigenvalue weighted by Crippen LogP contribution is 2.31. The van der Waals surface area contributed by atoms with Gasteiger partial charge in [0.2, 0.25) is 0 Å². The van der Waals surface area contributed by atoms with E-state index in [1.54, 1.807) is 11.9 Å². The average Bonchev–Trinajstić information content (AvgIpc) is 2.42. The van der Waals surface area contributed by atoms with E-state index in [1.807, 2.05) is 6.92 Å². The van der Waals surface area contributed by atoms with E-state index in [4.69, 9.17) is 4.55 Å². The Balaban J connectivity index is 2.88. The van der Waals surface area contributed by atoms with Gasteiger partial charge in [0.1, 0.15) is 0 Å². The standard InChI is InChI=1S/C13H15NO6S2/c1-3-14(2)13-8-11(22(18,19)20)7-9-6-10(21(15,16)17)4-5-12(9)13/h4-8H,3H2,1-2H3,(H,15,16,17)(H,18,19,20). The fourth-order valence-electron chi connectivity index (χ4n) is 2.10. The van der Waals surface area contributed by atoms with Crippen molar-refractivity contribution in [2.24, 2.45) is 0 Å². The van der Waals surface area contributed by atoms with E-state index >= 15 is 0 Å². The summed E-state index contributed by atoms with van der Waals surface area (Å²) in [6.07, 6.45) is 0. The predicted octanol–water partition coefficient (Wildman–Crippen LogP) is 1.79. The first-order chi connectivity index (χ1) is 10.0. The molecule has 0 spiro atoms. The van der Waals surface area contributed by atoms with Gasteiger partial charge >= 0.3 is 0 Å². The summed E-state index contributed by atoms with van der Waals surface area (Å²) in [7, 11) is -7.12. The Bertz CT molecular complexity index is 929. The third kappa shape index (κ3) is 3.22. The van der Waals surface area contributed by atoms with E-state index in [0.29, 0.717) is 17.6 Å². The minimum Gasteiger partial charge on any atom is -0.374 e. The summed E-state index contributed by atoms with van der Waals surface area (Å²) in [5.41, 5.74) is 0.523. The molecule has 2 rings (SSSR count). The van der Waals surface area contributed by atoms with E-state index in [9.17, 15) is 21.4 Å². The molecule has 0 aliphatic rings. The van der Waals surface area contributed by atoms with Crippen molar-refractivity contribution in [2.75, 3.05) is 18.5 Å². The van der Waals surface area contributed by atoms with Gasteiger partial charge in [-0.15, -0.1) is 0 Å². The molecule has 9 heteroatoms. The highest BCUT2D eigenvalue weighted by molar-refractivity contribution is 7.86. The second-order valence-corrected chi connectivity index (χ2v) is 7.63. The summed E-state index contributed by atoms with van der Waals surface area (Å²) in [6, 6.07) is 6.35. The molecule has 0 atom stereocenters. The lowest BCUT2D eigenvalue weighted by Gasteiger charge is -2.20. The van der Waals surface area contributed by atoms with Crippen molar-refractivity contribution in [3.63, 3.8) is 0 Å². The van der Waals surface area contributed by atoms with E-state index in [2.05, 4.69) is 0 Å². The summed E-state index contributed by atoms with van der Waals surface area (Å²) < 4.78 is 63.5. The largest absolute Gasteiger partial charge is 0.374 e. The van der Waals surface area contributed by atoms with Gasteiger partial charge in [-0.2, -0.15) is 16.8 Å². The van der Waals surface area contributed by atoms with Gasteiger partial charge in [-0.3, -0.25) is 9.11 Å². The summed E-state index contributed by atoms with van der Waals surface area (Å²) in [4.78, 5) is 1.06. The molecule has 0 saturated carbocycles. The van der Waals surface area contributed by atoms with Crippen molar-refractivity contribution in [2.45, 2.75) is 16.7 Å². The number of hydrogen-bond donors (Lipinski definition) is 2. The van der Waals surface area contributed by atoms with Crippen LogP contribution in [-0.2, 0) is 20.2 Å². The zero-order valence-electron chi connectivity index (χ0n) is 11.9. The number of benzene rings is 2. The first-order valence-electron chi connectivity index (χ1n) is 6.28. The molecule has 0 aliphatic heterocycles. The number of hydrogen-bond acceptors (Lipinski definition) is 5. The fourth-order valence-corrected chi connectivity index (χ4v) is 3.15. The van der Waals surface area contributed by atoms with Crippen LogP contribution in [0.2, 0.25) is 0 Å². The van der Waals surface area contributed by atoms with Crippen molar-refractivity contribution in [1.29, 1.82) is 0 Å². The molecular weight excluding hydrogens is 330 g/mol. The molecule has 0 aromatic heterocycles. The van der Waals surface area contributed by atoms with Crippen LogP contribution in [0.3, 0.4) is 0 Å². The zero-order valence-corrected chi connectivity index (χ0v) is 13.5. The minimum absolute atomic E-state index is 0.278. The van der Waals surface area contributed by atoms with Crippen molar-refractivity contribution in [3.05, 3.63) is 30.3 Å². The van der Waals surface area contributed by atoms with Gasteiger partial charge in [0, 0.05) is 24.7 Å². The van der Waals surface area contributed by atoms with Crippen LogP contribution in [0.15, 0.2) is 40.1 Å². The summed E-state index contributed by atoms with van der Waals surface area (Å²) >= 11 is 0. The van der Waals surface area contributed by atoms with Gasteiger partial charge in [0.15, 0.2) is 0 Å². The van der Waals surface area contributed by atoms with Gasteiger partial charge in [-0.25, -0.2) is 0 Å². The van der Waals surface area contributed by atoms with Gasteiger partial charge in [0.25, 0.3) is 20.2 Å². The second-order valence-electron chi connectivity index (χ2n) is 4.79. The van der Waals surface area contributed by atoms with Crippen LogP contribution < -0.4 is 4.90 Å². The Morgan fingerprint density at radius 2 is 1.50 bits per heavy atom. The van der Waals surface area contributed by atoms with Crippen LogP contribution in [0, 0.1) is 0 Å². The number of anilines is 1. The molecule has 0 aliphatic carbocycles. The molecule has 0 bridgehead atoms. The van der Waals surface area contributed by atoms with Crippen molar-refractivity contribution in [1.82, 2.24) is 0 Å². The van der Waals surface area contributed by atoms with Crippen molar-refractivity contribution >= 4 is 36.7 Å². The smallest absolute Gasteiger partial charge is 0.294 e. The van der Waals surface area contributed by atoms with Crippen LogP contribution >= 0.6 is 0 Å². The molecule has 2 aromatic rings. The first kappa shape index (κ1) is 16.7. The number of rotatable bonds is 4. The number of fused-ring (bicyclic) bond motifs is 1. The minimum atomic E-state index is -4.45. The summed E-state index contributed by atoms with van der Waals surface area (Å²) in [5, 5.41) is 0.879. The Hall–Kier alpha value is -1.68. The van der Waals surface area contributed by atoms with Crippen LogP contribution in [0.1, 0.15) is 6.92 Å². The Kier molecular flexibility index (Phi) is 4.18. The van der Waals surface area contributed by atoms with Crippen LogP contribution in [0.4, 0.5) is 5.69 Å². The van der Waals surface area contributed by atoms with Gasteiger partial charge in [0.05, 0.1) is 9.79 Å². The van der Waals surface area contributed by atoms with E-state index in [-0.39, 0.29) is 15.2 Å². The highest BCUT2D eigenvalue weighted by atomic mass is 32.2.